The molecule has 0 aliphatic rings. The van der Waals surface area contributed by atoms with E-state index < -0.39 is 22.1 Å². The number of sulfonamides is 1. The predicted octanol–water partition coefficient (Wildman–Crippen LogP) is 3.27. The molecule has 0 saturated carbocycles. The average molecular weight is 446 g/mol. The molecule has 3 aromatic rings. The number of ketones is 1. The molecule has 0 spiro atoms. The van der Waals surface area contributed by atoms with Crippen molar-refractivity contribution in [2.75, 3.05) is 13.1 Å². The lowest BCUT2D eigenvalue weighted by molar-refractivity contribution is 0.0310. The summed E-state index contributed by atoms with van der Waals surface area (Å²) in [5.74, 6) is -1.09. The highest BCUT2D eigenvalue weighted by molar-refractivity contribution is 7.89. The van der Waals surface area contributed by atoms with E-state index in [9.17, 15) is 18.0 Å². The van der Waals surface area contributed by atoms with Gasteiger partial charge in [0.25, 0.3) is 0 Å². The number of aryl methyl sites for hydroxylation is 2. The number of carbonyl (C=O) groups excluding carboxylic acids is 2. The van der Waals surface area contributed by atoms with E-state index in [1.54, 1.807) is 27.8 Å². The van der Waals surface area contributed by atoms with Gasteiger partial charge in [0.15, 0.2) is 6.10 Å². The van der Waals surface area contributed by atoms with Crippen LogP contribution in [0.15, 0.2) is 41.4 Å². The number of fused-ring (bicyclic) bond motifs is 1. The highest BCUT2D eigenvalue weighted by Gasteiger charge is 2.29. The first-order valence-corrected chi connectivity index (χ1v) is 11.5. The molecule has 8 nitrogen and oxygen atoms in total. The molecule has 9 heteroatoms. The first kappa shape index (κ1) is 22.8. The van der Waals surface area contributed by atoms with Crippen molar-refractivity contribution in [3.05, 3.63) is 53.5 Å². The number of para-hydroxylation sites is 1. The molecule has 2 aromatic heterocycles. The Balaban J connectivity index is 1.84. The number of nitrogens with one attached hydrogen (secondary N) is 1. The minimum absolute atomic E-state index is 0.0112. The maximum atomic E-state index is 13.0. The van der Waals surface area contributed by atoms with Crippen molar-refractivity contribution in [3.8, 4) is 0 Å². The maximum Gasteiger partial charge on any atom is 0.355 e. The molecule has 3 rings (SSSR count). The van der Waals surface area contributed by atoms with Gasteiger partial charge in [-0.2, -0.15) is 4.31 Å². The molecular weight excluding hydrogens is 418 g/mol. The van der Waals surface area contributed by atoms with E-state index >= 15 is 0 Å². The van der Waals surface area contributed by atoms with Gasteiger partial charge in [0, 0.05) is 48.5 Å². The number of benzene rings is 1. The van der Waals surface area contributed by atoms with Gasteiger partial charge in [-0.15, -0.1) is 0 Å². The molecule has 0 aliphatic heterocycles. The molecule has 0 fully saturated rings. The Labute approximate surface area is 181 Å². The quantitative estimate of drug-likeness (QED) is 0.424. The monoisotopic (exact) mass is 445 g/mol. The molecule has 0 bridgehead atoms. The van der Waals surface area contributed by atoms with Crippen LogP contribution in [0.2, 0.25) is 0 Å². The summed E-state index contributed by atoms with van der Waals surface area (Å²) < 4.78 is 33.6. The number of nitrogens with zero attached hydrogens (tertiary/aromatic N) is 2. The predicted molar refractivity (Wildman–Crippen MR) is 118 cm³/mol. The summed E-state index contributed by atoms with van der Waals surface area (Å²) in [4.78, 5) is 28.9. The van der Waals surface area contributed by atoms with Crippen molar-refractivity contribution < 1.29 is 22.7 Å². The Morgan fingerprint density at radius 3 is 2.48 bits per heavy atom. The number of hydrogen-bond acceptors (Lipinski definition) is 5. The van der Waals surface area contributed by atoms with Crippen LogP contribution in [0.25, 0.3) is 10.9 Å². The summed E-state index contributed by atoms with van der Waals surface area (Å²) in [5, 5.41) is 0.763. The lowest BCUT2D eigenvalue weighted by Gasteiger charge is -2.17. The van der Waals surface area contributed by atoms with E-state index in [2.05, 4.69) is 4.98 Å². The highest BCUT2D eigenvalue weighted by Crippen LogP contribution is 2.25. The number of rotatable bonds is 8. The lowest BCUT2D eigenvalue weighted by Crippen LogP contribution is -2.30. The molecule has 2 heterocycles. The Hall–Kier alpha value is -2.91. The average Bonchev–Trinajstić information content (AvgIpc) is 3.27. The Morgan fingerprint density at radius 1 is 1.19 bits per heavy atom. The van der Waals surface area contributed by atoms with Crippen LogP contribution in [0.4, 0.5) is 0 Å². The fourth-order valence-electron chi connectivity index (χ4n) is 3.66. The largest absolute Gasteiger partial charge is 0.450 e. The van der Waals surface area contributed by atoms with Gasteiger partial charge >= 0.3 is 5.97 Å². The smallest absolute Gasteiger partial charge is 0.355 e. The number of carbonyl (C=O) groups is 2. The number of Topliss-reactive ketones (excluding diaryl/α,β-unsaturated/α-hetero) is 1. The summed E-state index contributed by atoms with van der Waals surface area (Å²) in [6.45, 7) is 7.45. The third-order valence-corrected chi connectivity index (χ3v) is 7.34. The first-order chi connectivity index (χ1) is 14.6. The zero-order chi connectivity index (χ0) is 22.9. The number of esters is 1. The zero-order valence-electron chi connectivity index (χ0n) is 18.3. The molecule has 0 aliphatic carbocycles. The molecule has 0 saturated heterocycles. The minimum Gasteiger partial charge on any atom is -0.450 e. The van der Waals surface area contributed by atoms with E-state index in [4.69, 9.17) is 4.74 Å². The van der Waals surface area contributed by atoms with Crippen molar-refractivity contribution in [3.63, 3.8) is 0 Å². The van der Waals surface area contributed by atoms with Gasteiger partial charge in [0.05, 0.1) is 0 Å². The van der Waals surface area contributed by atoms with Crippen molar-refractivity contribution in [2.45, 2.75) is 38.7 Å². The lowest BCUT2D eigenvalue weighted by atomic mass is 10.0. The Morgan fingerprint density at radius 2 is 1.84 bits per heavy atom. The highest BCUT2D eigenvalue weighted by atomic mass is 32.2. The SMILES string of the molecule is CCN(CC)S(=O)(=O)c1cc(C(=O)O[C@H](C)C(=O)c2c(C)[nH]c3ccccc23)n(C)c1. The number of aromatic nitrogens is 2. The van der Waals surface area contributed by atoms with Crippen molar-refractivity contribution in [1.82, 2.24) is 13.9 Å². The fraction of sp³-hybridized carbons (Fsp3) is 0.364. The Bertz CT molecular complexity index is 1240. The molecule has 1 aromatic carbocycles. The van der Waals surface area contributed by atoms with Crippen molar-refractivity contribution in [1.29, 1.82) is 0 Å². The van der Waals surface area contributed by atoms with Crippen LogP contribution in [0.1, 0.15) is 47.3 Å². The molecule has 1 N–H and O–H groups in total. The van der Waals surface area contributed by atoms with Crippen molar-refractivity contribution >= 4 is 32.7 Å². The first-order valence-electron chi connectivity index (χ1n) is 10.1. The summed E-state index contributed by atoms with van der Waals surface area (Å²) in [6, 6.07) is 8.70. The number of H-pyrrole nitrogens is 1. The minimum atomic E-state index is -3.71. The number of ether oxygens (including phenoxy) is 1. The molecule has 0 amide bonds. The second-order valence-electron chi connectivity index (χ2n) is 7.34. The molecular formula is C22H27N3O5S. The van der Waals surface area contributed by atoms with Crippen LogP contribution in [0, 0.1) is 6.92 Å². The summed E-state index contributed by atoms with van der Waals surface area (Å²) >= 11 is 0. The van der Waals surface area contributed by atoms with Gasteiger partial charge in [-0.3, -0.25) is 4.79 Å². The van der Waals surface area contributed by atoms with Crippen molar-refractivity contribution in [2.24, 2.45) is 7.05 Å². The summed E-state index contributed by atoms with van der Waals surface area (Å²) in [6.07, 6.45) is 0.337. The van der Waals surface area contributed by atoms with Gasteiger partial charge in [-0.05, 0) is 26.0 Å². The molecule has 0 radical (unpaired) electrons. The van der Waals surface area contributed by atoms with E-state index in [0.29, 0.717) is 24.3 Å². The van der Waals surface area contributed by atoms with Crippen LogP contribution >= 0.6 is 0 Å². The van der Waals surface area contributed by atoms with Crippen LogP contribution in [0.3, 0.4) is 0 Å². The van der Waals surface area contributed by atoms with Gasteiger partial charge in [-0.1, -0.05) is 32.0 Å². The summed E-state index contributed by atoms with van der Waals surface area (Å²) in [7, 11) is -2.15. The molecule has 0 unspecified atom stereocenters. The van der Waals surface area contributed by atoms with Crippen LogP contribution in [0.5, 0.6) is 0 Å². The zero-order valence-corrected chi connectivity index (χ0v) is 19.1. The molecule has 166 valence electrons. The summed E-state index contributed by atoms with van der Waals surface area (Å²) in [5.41, 5.74) is 2.06. The van der Waals surface area contributed by atoms with E-state index in [0.717, 1.165) is 10.9 Å². The molecule has 1 atom stereocenters. The number of aromatic amines is 1. The van der Waals surface area contributed by atoms with Gasteiger partial charge < -0.3 is 14.3 Å². The molecule has 31 heavy (non-hydrogen) atoms. The van der Waals surface area contributed by atoms with Gasteiger partial charge in [0.1, 0.15) is 10.6 Å². The third kappa shape index (κ3) is 4.15. The second-order valence-corrected chi connectivity index (χ2v) is 9.28. The third-order valence-electron chi connectivity index (χ3n) is 5.33. The maximum absolute atomic E-state index is 13.0. The Kier molecular flexibility index (Phi) is 6.38. The fourth-order valence-corrected chi connectivity index (χ4v) is 5.19. The van der Waals surface area contributed by atoms with Gasteiger partial charge in [-0.25, -0.2) is 13.2 Å². The van der Waals surface area contributed by atoms with E-state index in [1.165, 1.54) is 28.1 Å². The van der Waals surface area contributed by atoms with Crippen LogP contribution in [-0.2, 0) is 21.8 Å². The van der Waals surface area contributed by atoms with Crippen LogP contribution in [-0.4, -0.2) is 53.2 Å². The standard InChI is InChI=1S/C22H27N3O5S/c1-6-25(7-2)31(28,29)16-12-19(24(5)13-16)22(27)30-15(4)21(26)20-14(3)23-18-11-9-8-10-17(18)20/h8-13,15,23H,6-7H2,1-5H3/t15-/m1/s1. The van der Waals surface area contributed by atoms with Gasteiger partial charge in [0.2, 0.25) is 15.8 Å². The number of hydrogen-bond donors (Lipinski definition) is 1. The normalized spacial score (nSPS) is 13.0. The van der Waals surface area contributed by atoms with E-state index in [-0.39, 0.29) is 16.4 Å². The van der Waals surface area contributed by atoms with Crippen LogP contribution < -0.4 is 0 Å². The topological polar surface area (TPSA) is 101 Å². The second kappa shape index (κ2) is 8.68. The van der Waals surface area contributed by atoms with E-state index in [1.807, 2.05) is 24.3 Å².